The average molecular weight is 505 g/mol. The number of hydrogen-bond donors (Lipinski definition) is 2. The number of likely N-dealkylation sites (N-methyl/N-ethyl adjacent to an activating group) is 1. The highest BCUT2D eigenvalue weighted by Gasteiger charge is 2.27. The molecule has 7 nitrogen and oxygen atoms in total. The lowest BCUT2D eigenvalue weighted by atomic mass is 10.1. The van der Waals surface area contributed by atoms with E-state index in [-0.39, 0.29) is 4.90 Å². The predicted molar refractivity (Wildman–Crippen MR) is 137 cm³/mol. The first-order valence-corrected chi connectivity index (χ1v) is 13.5. The van der Waals surface area contributed by atoms with Gasteiger partial charge >= 0.3 is 0 Å². The van der Waals surface area contributed by atoms with Crippen molar-refractivity contribution in [3.63, 3.8) is 0 Å². The van der Waals surface area contributed by atoms with E-state index in [1.807, 2.05) is 24.4 Å². The zero-order chi connectivity index (χ0) is 24.1. The first-order valence-electron chi connectivity index (χ1n) is 11.7. The molecule has 0 spiro atoms. The van der Waals surface area contributed by atoms with Crippen molar-refractivity contribution < 1.29 is 13.2 Å². The molecule has 3 aromatic rings. The predicted octanol–water partition coefficient (Wildman–Crippen LogP) is 3.75. The number of benzene rings is 2. The van der Waals surface area contributed by atoms with E-state index >= 15 is 0 Å². The summed E-state index contributed by atoms with van der Waals surface area (Å²) in [5.41, 5.74) is 2.16. The zero-order valence-corrected chi connectivity index (χ0v) is 21.3. The van der Waals surface area contributed by atoms with Crippen LogP contribution in [0.4, 0.5) is 0 Å². The minimum Gasteiger partial charge on any atom is -0.494 e. The van der Waals surface area contributed by atoms with Crippen molar-refractivity contribution >= 4 is 32.5 Å². The summed E-state index contributed by atoms with van der Waals surface area (Å²) in [5, 5.41) is 1.77. The van der Waals surface area contributed by atoms with Crippen LogP contribution in [-0.2, 0) is 16.4 Å². The van der Waals surface area contributed by atoms with E-state index in [1.165, 1.54) is 0 Å². The standard InChI is InChI=1S/C25H33ClN4O3S/c1-29(2)21-17-30(18-21)13-4-14-33-22-7-9-23(10-8-22)34(31,32)28-12-3-5-19-16-27-25-11-6-20(26)15-24(19)25/h6-11,15-16,21,27-28H,3-5,12-14,17-18H2,1-2H3. The van der Waals surface area contributed by atoms with Crippen LogP contribution in [-0.4, -0.2) is 76.1 Å². The van der Waals surface area contributed by atoms with E-state index in [0.29, 0.717) is 36.4 Å². The summed E-state index contributed by atoms with van der Waals surface area (Å²) in [6, 6.07) is 13.0. The summed E-state index contributed by atoms with van der Waals surface area (Å²) in [7, 11) is 0.678. The maximum Gasteiger partial charge on any atom is 0.240 e. The van der Waals surface area contributed by atoms with Crippen molar-refractivity contribution in [3.05, 3.63) is 59.2 Å². The van der Waals surface area contributed by atoms with Gasteiger partial charge in [0.25, 0.3) is 0 Å². The summed E-state index contributed by atoms with van der Waals surface area (Å²) in [5.74, 6) is 0.687. The molecule has 1 aliphatic heterocycles. The second-order valence-corrected chi connectivity index (χ2v) is 11.3. The summed E-state index contributed by atoms with van der Waals surface area (Å²) >= 11 is 6.10. The van der Waals surface area contributed by atoms with Gasteiger partial charge in [-0.1, -0.05) is 11.6 Å². The molecule has 2 heterocycles. The maximum atomic E-state index is 12.6. The van der Waals surface area contributed by atoms with Crippen LogP contribution in [0.3, 0.4) is 0 Å². The van der Waals surface area contributed by atoms with Crippen LogP contribution in [0.1, 0.15) is 18.4 Å². The Morgan fingerprint density at radius 1 is 1.15 bits per heavy atom. The second kappa shape index (κ2) is 11.1. The third kappa shape index (κ3) is 6.31. The van der Waals surface area contributed by atoms with Gasteiger partial charge in [0.2, 0.25) is 10.0 Å². The lowest BCUT2D eigenvalue weighted by Gasteiger charge is -2.42. The molecule has 2 N–H and O–H groups in total. The van der Waals surface area contributed by atoms with E-state index in [9.17, 15) is 8.42 Å². The number of aryl methyl sites for hydroxylation is 1. The number of fused-ring (bicyclic) bond motifs is 1. The number of nitrogens with zero attached hydrogens (tertiary/aromatic N) is 2. The van der Waals surface area contributed by atoms with E-state index < -0.39 is 10.0 Å². The van der Waals surface area contributed by atoms with Gasteiger partial charge in [-0.15, -0.1) is 0 Å². The van der Waals surface area contributed by atoms with Gasteiger partial charge in [-0.3, -0.25) is 4.90 Å². The summed E-state index contributed by atoms with van der Waals surface area (Å²) in [6.45, 7) is 4.23. The number of H-pyrrole nitrogens is 1. The van der Waals surface area contributed by atoms with Gasteiger partial charge in [0, 0.05) is 54.3 Å². The SMILES string of the molecule is CN(C)C1CN(CCCOc2ccc(S(=O)(=O)NCCCc3c[nH]c4ccc(Cl)cc34)cc2)C1. The van der Waals surface area contributed by atoms with Gasteiger partial charge in [0.1, 0.15) is 5.75 Å². The highest BCUT2D eigenvalue weighted by atomic mass is 35.5. The van der Waals surface area contributed by atoms with Crippen LogP contribution in [0.25, 0.3) is 10.9 Å². The van der Waals surface area contributed by atoms with Gasteiger partial charge in [-0.2, -0.15) is 0 Å². The van der Waals surface area contributed by atoms with Gasteiger partial charge in [-0.05, 0) is 81.4 Å². The first kappa shape index (κ1) is 25.0. The molecular weight excluding hydrogens is 472 g/mol. The summed E-state index contributed by atoms with van der Waals surface area (Å²) < 4.78 is 33.7. The van der Waals surface area contributed by atoms with Gasteiger partial charge < -0.3 is 14.6 Å². The van der Waals surface area contributed by atoms with Crippen LogP contribution in [0, 0.1) is 0 Å². The molecular formula is C25H33ClN4O3S. The number of hydrogen-bond acceptors (Lipinski definition) is 5. The molecule has 1 aliphatic rings. The Morgan fingerprint density at radius 2 is 1.91 bits per heavy atom. The number of ether oxygens (including phenoxy) is 1. The molecule has 0 atom stereocenters. The van der Waals surface area contributed by atoms with Crippen LogP contribution < -0.4 is 9.46 Å². The largest absolute Gasteiger partial charge is 0.494 e. The molecule has 0 unspecified atom stereocenters. The number of likely N-dealkylation sites (tertiary alicyclic amines) is 1. The number of aromatic nitrogens is 1. The van der Waals surface area contributed by atoms with Crippen LogP contribution in [0.15, 0.2) is 53.6 Å². The molecule has 0 aliphatic carbocycles. The Hall–Kier alpha value is -2.10. The molecule has 1 saturated heterocycles. The van der Waals surface area contributed by atoms with E-state index in [0.717, 1.165) is 48.9 Å². The minimum atomic E-state index is -3.56. The van der Waals surface area contributed by atoms with Gasteiger partial charge in [0.05, 0.1) is 11.5 Å². The van der Waals surface area contributed by atoms with Crippen molar-refractivity contribution in [1.82, 2.24) is 19.5 Å². The molecule has 0 bridgehead atoms. The number of rotatable bonds is 12. The fourth-order valence-corrected chi connectivity index (χ4v) is 5.42. The highest BCUT2D eigenvalue weighted by molar-refractivity contribution is 7.89. The van der Waals surface area contributed by atoms with Crippen LogP contribution in [0.2, 0.25) is 5.02 Å². The Labute approximate surface area is 207 Å². The minimum absolute atomic E-state index is 0.244. The molecule has 184 valence electrons. The lowest BCUT2D eigenvalue weighted by molar-refractivity contribution is 0.0595. The molecule has 0 radical (unpaired) electrons. The third-order valence-corrected chi connectivity index (χ3v) is 8.05. The topological polar surface area (TPSA) is 77.7 Å². The van der Waals surface area contributed by atoms with Crippen molar-refractivity contribution in [3.8, 4) is 5.75 Å². The monoisotopic (exact) mass is 504 g/mol. The first-order chi connectivity index (χ1) is 16.3. The molecule has 2 aromatic carbocycles. The normalized spacial score (nSPS) is 15.2. The summed E-state index contributed by atoms with van der Waals surface area (Å²) in [4.78, 5) is 8.15. The number of nitrogens with one attached hydrogen (secondary N) is 2. The maximum absolute atomic E-state index is 12.6. The Morgan fingerprint density at radius 3 is 2.65 bits per heavy atom. The fourth-order valence-electron chi connectivity index (χ4n) is 4.17. The van der Waals surface area contributed by atoms with Crippen molar-refractivity contribution in [1.29, 1.82) is 0 Å². The Balaban J connectivity index is 1.18. The van der Waals surface area contributed by atoms with E-state index in [1.54, 1.807) is 24.3 Å². The number of sulfonamides is 1. The van der Waals surface area contributed by atoms with E-state index in [4.69, 9.17) is 16.3 Å². The average Bonchev–Trinajstić information content (AvgIpc) is 3.17. The number of halogens is 1. The zero-order valence-electron chi connectivity index (χ0n) is 19.8. The Kier molecular flexibility index (Phi) is 8.16. The molecule has 34 heavy (non-hydrogen) atoms. The highest BCUT2D eigenvalue weighted by Crippen LogP contribution is 2.23. The fraction of sp³-hybridized carbons (Fsp3) is 0.440. The van der Waals surface area contributed by atoms with Crippen LogP contribution >= 0.6 is 11.6 Å². The summed E-state index contributed by atoms with van der Waals surface area (Å²) in [6.07, 6.45) is 4.35. The number of aromatic amines is 1. The molecule has 1 fully saturated rings. The second-order valence-electron chi connectivity index (χ2n) is 9.06. The van der Waals surface area contributed by atoms with Gasteiger partial charge in [0.15, 0.2) is 0 Å². The van der Waals surface area contributed by atoms with Crippen molar-refractivity contribution in [2.24, 2.45) is 0 Å². The van der Waals surface area contributed by atoms with E-state index in [2.05, 4.69) is 33.6 Å². The molecule has 1 aromatic heterocycles. The lowest BCUT2D eigenvalue weighted by Crippen LogP contribution is -2.57. The molecule has 9 heteroatoms. The van der Waals surface area contributed by atoms with Gasteiger partial charge in [-0.25, -0.2) is 13.1 Å². The smallest absolute Gasteiger partial charge is 0.240 e. The molecule has 0 amide bonds. The Bertz CT molecular complexity index is 1190. The quantitative estimate of drug-likeness (QED) is 0.367. The molecule has 0 saturated carbocycles. The third-order valence-electron chi connectivity index (χ3n) is 6.33. The van der Waals surface area contributed by atoms with Crippen molar-refractivity contribution in [2.45, 2.75) is 30.2 Å². The van der Waals surface area contributed by atoms with Crippen molar-refractivity contribution in [2.75, 3.05) is 46.9 Å². The molecule has 4 rings (SSSR count). The van der Waals surface area contributed by atoms with Crippen LogP contribution in [0.5, 0.6) is 5.75 Å².